The lowest BCUT2D eigenvalue weighted by Gasteiger charge is -2.06. The number of Topliss-reactive ketones (excluding diaryl/α,β-unsaturated/α-hetero) is 1. The lowest BCUT2D eigenvalue weighted by Crippen LogP contribution is -2.17. The van der Waals surface area contributed by atoms with Crippen molar-refractivity contribution in [3.8, 4) is 0 Å². The van der Waals surface area contributed by atoms with E-state index in [0.717, 1.165) is 38.5 Å². The molecule has 0 heterocycles. The zero-order valence-electron chi connectivity index (χ0n) is 22.5. The fraction of sp³-hybridized carbons (Fsp3) is 0.897. The summed E-state index contributed by atoms with van der Waals surface area (Å²) in [6.07, 6.45) is 23.7. The summed E-state index contributed by atoms with van der Waals surface area (Å²) in [5.74, 6) is -1.51. The van der Waals surface area contributed by atoms with Crippen LogP contribution in [-0.4, -0.2) is 30.9 Å². The van der Waals surface area contributed by atoms with Crippen LogP contribution < -0.4 is 0 Å². The van der Waals surface area contributed by atoms with Crippen molar-refractivity contribution in [3.63, 3.8) is 0 Å². The zero-order valence-corrected chi connectivity index (χ0v) is 22.5. The van der Waals surface area contributed by atoms with Gasteiger partial charge in [0.1, 0.15) is 12.8 Å². The SMILES string of the molecule is CCCCCCCCCCCCOC(=O)CC(=O)CC(=O)OCCCCCCCCCCCC. The highest BCUT2D eigenvalue weighted by atomic mass is 16.5. The summed E-state index contributed by atoms with van der Waals surface area (Å²) in [5, 5.41) is 0. The van der Waals surface area contributed by atoms with Crippen LogP contribution in [-0.2, 0) is 23.9 Å². The monoisotopic (exact) mass is 482 g/mol. The van der Waals surface area contributed by atoms with Crippen molar-refractivity contribution < 1.29 is 23.9 Å². The molecule has 0 radical (unpaired) electrons. The minimum Gasteiger partial charge on any atom is -0.465 e. The standard InChI is InChI=1S/C29H54O5/c1-3-5-7-9-11-13-15-17-19-21-23-33-28(31)25-27(30)26-29(32)34-24-22-20-18-16-14-12-10-8-6-4-2/h3-26H2,1-2H3. The Morgan fingerprint density at radius 1 is 0.412 bits per heavy atom. The van der Waals surface area contributed by atoms with E-state index < -0.39 is 17.7 Å². The van der Waals surface area contributed by atoms with E-state index in [2.05, 4.69) is 13.8 Å². The van der Waals surface area contributed by atoms with E-state index in [1.165, 1.54) is 89.9 Å². The van der Waals surface area contributed by atoms with E-state index in [-0.39, 0.29) is 12.8 Å². The minimum atomic E-state index is -0.539. The number of ether oxygens (including phenoxy) is 2. The van der Waals surface area contributed by atoms with E-state index >= 15 is 0 Å². The Balaban J connectivity index is 3.46. The topological polar surface area (TPSA) is 69.7 Å². The molecule has 0 bridgehead atoms. The van der Waals surface area contributed by atoms with Gasteiger partial charge >= 0.3 is 11.9 Å². The predicted octanol–water partition coefficient (Wildman–Crippen LogP) is 8.26. The summed E-state index contributed by atoms with van der Waals surface area (Å²) in [6.45, 7) is 5.17. The largest absolute Gasteiger partial charge is 0.465 e. The van der Waals surface area contributed by atoms with Gasteiger partial charge in [-0.3, -0.25) is 14.4 Å². The maximum absolute atomic E-state index is 11.9. The molecule has 0 aliphatic rings. The second-order valence-corrected chi connectivity index (χ2v) is 9.70. The van der Waals surface area contributed by atoms with Gasteiger partial charge in [-0.2, -0.15) is 0 Å². The first-order chi connectivity index (χ1) is 16.6. The number of hydrogen-bond donors (Lipinski definition) is 0. The molecule has 0 aromatic rings. The van der Waals surface area contributed by atoms with Crippen molar-refractivity contribution in [2.24, 2.45) is 0 Å². The predicted molar refractivity (Wildman–Crippen MR) is 140 cm³/mol. The Morgan fingerprint density at radius 2 is 0.676 bits per heavy atom. The van der Waals surface area contributed by atoms with E-state index in [1.54, 1.807) is 0 Å². The highest BCUT2D eigenvalue weighted by Crippen LogP contribution is 2.12. The van der Waals surface area contributed by atoms with Gasteiger partial charge in [0.15, 0.2) is 5.78 Å². The molecule has 0 atom stereocenters. The summed E-state index contributed by atoms with van der Waals surface area (Å²) >= 11 is 0. The van der Waals surface area contributed by atoms with E-state index in [9.17, 15) is 14.4 Å². The molecular weight excluding hydrogens is 428 g/mol. The van der Waals surface area contributed by atoms with Crippen LogP contribution >= 0.6 is 0 Å². The van der Waals surface area contributed by atoms with Crippen LogP contribution in [0.5, 0.6) is 0 Å². The Hall–Kier alpha value is -1.39. The fourth-order valence-corrected chi connectivity index (χ4v) is 4.04. The highest BCUT2D eigenvalue weighted by molar-refractivity contribution is 6.03. The van der Waals surface area contributed by atoms with Gasteiger partial charge in [0.2, 0.25) is 0 Å². The highest BCUT2D eigenvalue weighted by Gasteiger charge is 2.15. The number of rotatable bonds is 26. The third-order valence-electron chi connectivity index (χ3n) is 6.20. The molecule has 0 aromatic heterocycles. The number of carbonyl (C=O) groups is 3. The maximum atomic E-state index is 11.9. The lowest BCUT2D eigenvalue weighted by molar-refractivity contribution is -0.149. The van der Waals surface area contributed by atoms with Crippen molar-refractivity contribution in [1.29, 1.82) is 0 Å². The summed E-state index contributed by atoms with van der Waals surface area (Å²) in [4.78, 5) is 35.4. The first kappa shape index (κ1) is 32.6. The van der Waals surface area contributed by atoms with Crippen LogP contribution in [0.4, 0.5) is 0 Å². The number of esters is 2. The van der Waals surface area contributed by atoms with Crippen LogP contribution in [0.15, 0.2) is 0 Å². The molecular formula is C29H54O5. The van der Waals surface area contributed by atoms with Gasteiger partial charge in [-0.05, 0) is 12.8 Å². The smallest absolute Gasteiger partial charge is 0.313 e. The van der Waals surface area contributed by atoms with Gasteiger partial charge in [-0.1, -0.05) is 129 Å². The minimum absolute atomic E-state index is 0.342. The summed E-state index contributed by atoms with van der Waals surface area (Å²) < 4.78 is 10.3. The Kier molecular flexibility index (Phi) is 25.1. The Bertz CT molecular complexity index is 447. The van der Waals surface area contributed by atoms with Crippen LogP contribution in [0.25, 0.3) is 0 Å². The molecule has 0 saturated carbocycles. The number of ketones is 1. The first-order valence-electron chi connectivity index (χ1n) is 14.4. The summed E-state index contributed by atoms with van der Waals surface area (Å²) in [6, 6.07) is 0. The molecule has 0 rings (SSSR count). The van der Waals surface area contributed by atoms with Gasteiger partial charge < -0.3 is 9.47 Å². The second-order valence-electron chi connectivity index (χ2n) is 9.70. The average Bonchev–Trinajstić information content (AvgIpc) is 2.80. The lowest BCUT2D eigenvalue weighted by atomic mass is 10.1. The van der Waals surface area contributed by atoms with Crippen LogP contribution in [0.1, 0.15) is 155 Å². The van der Waals surface area contributed by atoms with Crippen molar-refractivity contribution >= 4 is 17.7 Å². The van der Waals surface area contributed by atoms with Gasteiger partial charge in [0.25, 0.3) is 0 Å². The van der Waals surface area contributed by atoms with Crippen LogP contribution in [0, 0.1) is 0 Å². The quantitative estimate of drug-likeness (QED) is 0.0705. The molecule has 5 nitrogen and oxygen atoms in total. The van der Waals surface area contributed by atoms with Crippen molar-refractivity contribution in [1.82, 2.24) is 0 Å². The van der Waals surface area contributed by atoms with Crippen molar-refractivity contribution in [2.45, 2.75) is 155 Å². The molecule has 0 aliphatic carbocycles. The number of carbonyl (C=O) groups excluding carboxylic acids is 3. The van der Waals surface area contributed by atoms with Gasteiger partial charge in [0, 0.05) is 0 Å². The molecule has 0 aliphatic heterocycles. The summed E-state index contributed by atoms with van der Waals surface area (Å²) in [7, 11) is 0. The fourth-order valence-electron chi connectivity index (χ4n) is 4.04. The van der Waals surface area contributed by atoms with Gasteiger partial charge in [-0.25, -0.2) is 0 Å². The van der Waals surface area contributed by atoms with E-state index in [0.29, 0.717) is 13.2 Å². The normalized spacial score (nSPS) is 10.9. The second kappa shape index (κ2) is 26.2. The average molecular weight is 483 g/mol. The Labute approximate surface area is 210 Å². The molecule has 0 amide bonds. The number of hydrogen-bond acceptors (Lipinski definition) is 5. The Morgan fingerprint density at radius 3 is 0.971 bits per heavy atom. The van der Waals surface area contributed by atoms with Crippen LogP contribution in [0.3, 0.4) is 0 Å². The third kappa shape index (κ3) is 25.2. The van der Waals surface area contributed by atoms with E-state index in [4.69, 9.17) is 9.47 Å². The molecule has 5 heteroatoms. The molecule has 0 spiro atoms. The third-order valence-corrected chi connectivity index (χ3v) is 6.20. The first-order valence-corrected chi connectivity index (χ1v) is 14.4. The van der Waals surface area contributed by atoms with Crippen molar-refractivity contribution in [2.75, 3.05) is 13.2 Å². The molecule has 0 aromatic carbocycles. The zero-order chi connectivity index (χ0) is 25.1. The van der Waals surface area contributed by atoms with Crippen molar-refractivity contribution in [3.05, 3.63) is 0 Å². The molecule has 0 fully saturated rings. The van der Waals surface area contributed by atoms with Crippen LogP contribution in [0.2, 0.25) is 0 Å². The molecule has 34 heavy (non-hydrogen) atoms. The van der Waals surface area contributed by atoms with E-state index in [1.807, 2.05) is 0 Å². The number of unbranched alkanes of at least 4 members (excludes halogenated alkanes) is 18. The molecule has 200 valence electrons. The maximum Gasteiger partial charge on any atom is 0.313 e. The molecule has 0 N–H and O–H groups in total. The molecule has 0 unspecified atom stereocenters. The molecule has 0 saturated heterocycles. The van der Waals surface area contributed by atoms with Gasteiger partial charge in [-0.15, -0.1) is 0 Å². The summed E-state index contributed by atoms with van der Waals surface area (Å²) in [5.41, 5.74) is 0. The van der Waals surface area contributed by atoms with Gasteiger partial charge in [0.05, 0.1) is 13.2 Å².